The van der Waals surface area contributed by atoms with E-state index in [9.17, 15) is 13.9 Å². The van der Waals surface area contributed by atoms with Gasteiger partial charge in [0.05, 0.1) is 0 Å². The van der Waals surface area contributed by atoms with Gasteiger partial charge in [0.2, 0.25) is 0 Å². The Kier molecular flexibility index (Phi) is 3.26. The number of hydrogen-bond acceptors (Lipinski definition) is 2. The van der Waals surface area contributed by atoms with Crippen LogP contribution < -0.4 is 0 Å². The fourth-order valence-electron chi connectivity index (χ4n) is 1.69. The Labute approximate surface area is 102 Å². The van der Waals surface area contributed by atoms with Crippen LogP contribution in [0.5, 0.6) is 0 Å². The predicted molar refractivity (Wildman–Crippen MR) is 64.2 cm³/mol. The minimum absolute atomic E-state index is 0.0189. The molecule has 0 radical (unpaired) electrons. The van der Waals surface area contributed by atoms with Crippen LogP contribution in [0.2, 0.25) is 0 Å². The quantitative estimate of drug-likeness (QED) is 0.866. The van der Waals surface area contributed by atoms with Gasteiger partial charge in [-0.05, 0) is 53.4 Å². The molecule has 0 spiro atoms. The van der Waals surface area contributed by atoms with Crippen molar-refractivity contribution < 1.29 is 13.9 Å². The molecule has 1 heterocycles. The predicted octanol–water partition coefficient (Wildman–Crippen LogP) is 3.72. The van der Waals surface area contributed by atoms with E-state index in [1.807, 2.05) is 12.3 Å². The first-order valence-electron chi connectivity index (χ1n) is 5.17. The SMILES string of the molecule is Cc1cc(F)c(C(O)c2cscc2C)cc1F. The molecular weight excluding hydrogens is 242 g/mol. The number of aliphatic hydroxyl groups excluding tert-OH is 1. The Morgan fingerprint density at radius 2 is 1.71 bits per heavy atom. The molecule has 2 rings (SSSR count). The highest BCUT2D eigenvalue weighted by molar-refractivity contribution is 7.08. The summed E-state index contributed by atoms with van der Waals surface area (Å²) in [5.41, 5.74) is 1.72. The molecule has 90 valence electrons. The van der Waals surface area contributed by atoms with Crippen LogP contribution in [0.15, 0.2) is 22.9 Å². The summed E-state index contributed by atoms with van der Waals surface area (Å²) in [5.74, 6) is -1.09. The number of thiophene rings is 1. The van der Waals surface area contributed by atoms with Crippen molar-refractivity contribution in [3.63, 3.8) is 0 Å². The van der Waals surface area contributed by atoms with Gasteiger partial charge < -0.3 is 5.11 Å². The van der Waals surface area contributed by atoms with Gasteiger partial charge in [0.15, 0.2) is 0 Å². The highest BCUT2D eigenvalue weighted by Crippen LogP contribution is 2.30. The molecule has 0 aliphatic rings. The lowest BCUT2D eigenvalue weighted by Gasteiger charge is -2.13. The first kappa shape index (κ1) is 12.2. The van der Waals surface area contributed by atoms with Crippen molar-refractivity contribution in [3.05, 3.63) is 56.8 Å². The lowest BCUT2D eigenvalue weighted by molar-refractivity contribution is 0.214. The Balaban J connectivity index is 2.48. The van der Waals surface area contributed by atoms with Gasteiger partial charge >= 0.3 is 0 Å². The summed E-state index contributed by atoms with van der Waals surface area (Å²) in [6.45, 7) is 3.32. The van der Waals surface area contributed by atoms with Crippen LogP contribution in [-0.2, 0) is 0 Å². The van der Waals surface area contributed by atoms with Gasteiger partial charge in [0.1, 0.15) is 17.7 Å². The molecule has 1 aromatic carbocycles. The Hall–Kier alpha value is -1.26. The van der Waals surface area contributed by atoms with E-state index >= 15 is 0 Å². The molecular formula is C13H12F2OS. The summed E-state index contributed by atoms with van der Waals surface area (Å²) in [6.07, 6.45) is -1.11. The van der Waals surface area contributed by atoms with Gasteiger partial charge in [-0.25, -0.2) is 8.78 Å². The summed E-state index contributed by atoms with van der Waals surface area (Å²) in [6, 6.07) is 2.17. The normalized spacial score (nSPS) is 12.8. The van der Waals surface area contributed by atoms with Crippen molar-refractivity contribution in [3.8, 4) is 0 Å². The highest BCUT2D eigenvalue weighted by Gasteiger charge is 2.19. The second-order valence-electron chi connectivity index (χ2n) is 4.04. The first-order valence-corrected chi connectivity index (χ1v) is 6.11. The molecule has 17 heavy (non-hydrogen) atoms. The Bertz CT molecular complexity index is 548. The van der Waals surface area contributed by atoms with Crippen LogP contribution >= 0.6 is 11.3 Å². The van der Waals surface area contributed by atoms with Gasteiger partial charge in [0.25, 0.3) is 0 Å². The van der Waals surface area contributed by atoms with Crippen LogP contribution in [0.3, 0.4) is 0 Å². The largest absolute Gasteiger partial charge is 0.384 e. The molecule has 1 aromatic heterocycles. The zero-order chi connectivity index (χ0) is 12.6. The summed E-state index contributed by atoms with van der Waals surface area (Å²) in [7, 11) is 0. The standard InChI is InChI=1S/C13H12F2OS/c1-7-3-12(15)9(4-11(7)14)13(16)10-6-17-5-8(10)2/h3-6,13,16H,1-2H3. The molecule has 0 fully saturated rings. The maximum absolute atomic E-state index is 13.7. The molecule has 0 saturated heterocycles. The fraction of sp³-hybridized carbons (Fsp3) is 0.231. The van der Waals surface area contributed by atoms with Crippen molar-refractivity contribution in [2.45, 2.75) is 20.0 Å². The van der Waals surface area contributed by atoms with Crippen molar-refractivity contribution in [1.29, 1.82) is 0 Å². The number of hydrogen-bond donors (Lipinski definition) is 1. The average molecular weight is 254 g/mol. The zero-order valence-electron chi connectivity index (χ0n) is 9.50. The molecule has 0 amide bonds. The third-order valence-electron chi connectivity index (χ3n) is 2.76. The topological polar surface area (TPSA) is 20.2 Å². The highest BCUT2D eigenvalue weighted by atomic mass is 32.1. The van der Waals surface area contributed by atoms with Crippen LogP contribution in [-0.4, -0.2) is 5.11 Å². The summed E-state index contributed by atoms with van der Waals surface area (Å²) < 4.78 is 27.1. The van der Waals surface area contributed by atoms with Crippen molar-refractivity contribution in [2.75, 3.05) is 0 Å². The van der Waals surface area contributed by atoms with Gasteiger partial charge in [0, 0.05) is 5.56 Å². The lowest BCUT2D eigenvalue weighted by atomic mass is 9.99. The molecule has 0 aliphatic carbocycles. The molecule has 0 aliphatic heterocycles. The van der Waals surface area contributed by atoms with Crippen molar-refractivity contribution in [1.82, 2.24) is 0 Å². The van der Waals surface area contributed by atoms with E-state index in [0.717, 1.165) is 17.7 Å². The zero-order valence-corrected chi connectivity index (χ0v) is 10.3. The number of rotatable bonds is 2. The van der Waals surface area contributed by atoms with Crippen LogP contribution in [0.4, 0.5) is 8.78 Å². The third kappa shape index (κ3) is 2.23. The second kappa shape index (κ2) is 4.55. The Morgan fingerprint density at radius 3 is 2.29 bits per heavy atom. The lowest BCUT2D eigenvalue weighted by Crippen LogP contribution is -2.04. The van der Waals surface area contributed by atoms with E-state index in [0.29, 0.717) is 5.56 Å². The average Bonchev–Trinajstić information content (AvgIpc) is 2.69. The molecule has 0 saturated carbocycles. The molecule has 1 atom stereocenters. The molecule has 1 N–H and O–H groups in total. The summed E-state index contributed by atoms with van der Waals surface area (Å²) >= 11 is 1.43. The van der Waals surface area contributed by atoms with Crippen molar-refractivity contribution in [2.24, 2.45) is 0 Å². The number of aryl methyl sites for hydroxylation is 2. The van der Waals surface area contributed by atoms with Gasteiger partial charge in [-0.2, -0.15) is 11.3 Å². The minimum atomic E-state index is -1.11. The van der Waals surface area contributed by atoms with E-state index in [1.54, 1.807) is 5.38 Å². The number of aliphatic hydroxyl groups is 1. The van der Waals surface area contributed by atoms with Crippen LogP contribution in [0.1, 0.15) is 28.4 Å². The van der Waals surface area contributed by atoms with Crippen LogP contribution in [0, 0.1) is 25.5 Å². The van der Waals surface area contributed by atoms with Crippen LogP contribution in [0.25, 0.3) is 0 Å². The number of halogens is 2. The maximum atomic E-state index is 13.7. The minimum Gasteiger partial charge on any atom is -0.384 e. The van der Waals surface area contributed by atoms with E-state index < -0.39 is 17.7 Å². The van der Waals surface area contributed by atoms with Gasteiger partial charge in [-0.1, -0.05) is 0 Å². The van der Waals surface area contributed by atoms with Gasteiger partial charge in [-0.15, -0.1) is 0 Å². The molecule has 4 heteroatoms. The molecule has 2 aromatic rings. The maximum Gasteiger partial charge on any atom is 0.129 e. The second-order valence-corrected chi connectivity index (χ2v) is 4.78. The summed E-state index contributed by atoms with van der Waals surface area (Å²) in [5, 5.41) is 13.7. The van der Waals surface area contributed by atoms with Crippen molar-refractivity contribution >= 4 is 11.3 Å². The molecule has 1 unspecified atom stereocenters. The monoisotopic (exact) mass is 254 g/mol. The van der Waals surface area contributed by atoms with E-state index in [2.05, 4.69) is 0 Å². The van der Waals surface area contributed by atoms with Gasteiger partial charge in [-0.3, -0.25) is 0 Å². The smallest absolute Gasteiger partial charge is 0.129 e. The van der Waals surface area contributed by atoms with E-state index in [4.69, 9.17) is 0 Å². The Morgan fingerprint density at radius 1 is 1.00 bits per heavy atom. The number of benzene rings is 1. The first-order chi connectivity index (χ1) is 8.00. The van der Waals surface area contributed by atoms with E-state index in [1.165, 1.54) is 18.3 Å². The molecule has 1 nitrogen and oxygen atoms in total. The fourth-order valence-corrected chi connectivity index (χ4v) is 2.56. The third-order valence-corrected chi connectivity index (χ3v) is 3.64. The summed E-state index contributed by atoms with van der Waals surface area (Å²) in [4.78, 5) is 0. The van der Waals surface area contributed by atoms with E-state index in [-0.39, 0.29) is 11.1 Å². The molecule has 0 bridgehead atoms.